The fourth-order valence-electron chi connectivity index (χ4n) is 1.94. The first-order valence-electron chi connectivity index (χ1n) is 5.88. The summed E-state index contributed by atoms with van der Waals surface area (Å²) in [5.41, 5.74) is 1.06. The van der Waals surface area contributed by atoms with E-state index in [4.69, 9.17) is 11.6 Å². The van der Waals surface area contributed by atoms with Gasteiger partial charge in [-0.1, -0.05) is 29.8 Å². The van der Waals surface area contributed by atoms with E-state index in [9.17, 15) is 5.11 Å². The van der Waals surface area contributed by atoms with E-state index in [0.29, 0.717) is 6.42 Å². The van der Waals surface area contributed by atoms with Gasteiger partial charge in [-0.3, -0.25) is 4.68 Å². The van der Waals surface area contributed by atoms with Crippen molar-refractivity contribution in [2.24, 2.45) is 13.0 Å². The molecule has 0 radical (unpaired) electrons. The maximum atomic E-state index is 9.47. The Kier molecular flexibility index (Phi) is 4.33. The standard InChI is InChI=1S/C13H16ClN3O/c1-17-13(15-9-16-17)7-10(8-18)6-11-4-2-3-5-12(11)14/h2-5,9-10,18H,6-8H2,1H3. The number of rotatable bonds is 5. The molecule has 0 spiro atoms. The number of aromatic nitrogens is 3. The van der Waals surface area contributed by atoms with Crippen LogP contribution in [0.15, 0.2) is 30.6 Å². The maximum absolute atomic E-state index is 9.47. The minimum absolute atomic E-state index is 0.104. The Balaban J connectivity index is 2.06. The molecule has 96 valence electrons. The predicted molar refractivity (Wildman–Crippen MR) is 70.4 cm³/mol. The van der Waals surface area contributed by atoms with Gasteiger partial charge in [0.05, 0.1) is 0 Å². The molecule has 0 bridgehead atoms. The van der Waals surface area contributed by atoms with E-state index in [0.717, 1.165) is 22.8 Å². The summed E-state index contributed by atoms with van der Waals surface area (Å²) >= 11 is 6.12. The van der Waals surface area contributed by atoms with Crippen LogP contribution >= 0.6 is 11.6 Å². The second-order valence-electron chi connectivity index (χ2n) is 4.35. The van der Waals surface area contributed by atoms with Crippen LogP contribution in [0, 0.1) is 5.92 Å². The molecule has 1 unspecified atom stereocenters. The molecule has 2 rings (SSSR count). The molecule has 0 aliphatic heterocycles. The summed E-state index contributed by atoms with van der Waals surface area (Å²) in [5, 5.41) is 14.2. The molecule has 4 nitrogen and oxygen atoms in total. The van der Waals surface area contributed by atoms with Crippen LogP contribution in [0.4, 0.5) is 0 Å². The molecule has 5 heteroatoms. The Morgan fingerprint density at radius 3 is 2.72 bits per heavy atom. The third kappa shape index (κ3) is 3.09. The molecule has 1 aromatic carbocycles. The fraction of sp³-hybridized carbons (Fsp3) is 0.385. The molecule has 1 N–H and O–H groups in total. The highest BCUT2D eigenvalue weighted by atomic mass is 35.5. The predicted octanol–water partition coefficient (Wildman–Crippen LogP) is 1.86. The number of hydrogen-bond donors (Lipinski definition) is 1. The Labute approximate surface area is 111 Å². The Bertz CT molecular complexity index is 512. The number of hydrogen-bond acceptors (Lipinski definition) is 3. The van der Waals surface area contributed by atoms with Gasteiger partial charge in [0.25, 0.3) is 0 Å². The van der Waals surface area contributed by atoms with E-state index in [1.807, 2.05) is 31.3 Å². The number of halogens is 1. The minimum Gasteiger partial charge on any atom is -0.396 e. The molecular formula is C13H16ClN3O. The van der Waals surface area contributed by atoms with Crippen molar-refractivity contribution in [3.8, 4) is 0 Å². The first kappa shape index (κ1) is 13.1. The van der Waals surface area contributed by atoms with Crippen LogP contribution in [0.1, 0.15) is 11.4 Å². The van der Waals surface area contributed by atoms with Crippen molar-refractivity contribution in [2.45, 2.75) is 12.8 Å². The highest BCUT2D eigenvalue weighted by Gasteiger charge is 2.14. The first-order chi connectivity index (χ1) is 8.70. The average Bonchev–Trinajstić information content (AvgIpc) is 2.77. The lowest BCUT2D eigenvalue weighted by atomic mass is 9.96. The Hall–Kier alpha value is -1.39. The summed E-state index contributed by atoms with van der Waals surface area (Å²) in [6, 6.07) is 7.72. The highest BCUT2D eigenvalue weighted by Crippen LogP contribution is 2.20. The molecule has 0 aliphatic rings. The molecule has 1 atom stereocenters. The number of nitrogens with zero attached hydrogens (tertiary/aromatic N) is 3. The van der Waals surface area contributed by atoms with Crippen LogP contribution in [-0.2, 0) is 19.9 Å². The van der Waals surface area contributed by atoms with Gasteiger partial charge in [0, 0.05) is 25.1 Å². The van der Waals surface area contributed by atoms with Crippen molar-refractivity contribution in [1.29, 1.82) is 0 Å². The van der Waals surface area contributed by atoms with E-state index in [2.05, 4.69) is 10.1 Å². The van der Waals surface area contributed by atoms with Crippen molar-refractivity contribution in [3.63, 3.8) is 0 Å². The molecule has 0 saturated carbocycles. The lowest BCUT2D eigenvalue weighted by molar-refractivity contribution is 0.222. The van der Waals surface area contributed by atoms with Gasteiger partial charge in [0.15, 0.2) is 0 Å². The molecule has 0 saturated heterocycles. The van der Waals surface area contributed by atoms with Crippen molar-refractivity contribution in [2.75, 3.05) is 6.61 Å². The van der Waals surface area contributed by atoms with E-state index in [1.54, 1.807) is 4.68 Å². The molecule has 18 heavy (non-hydrogen) atoms. The van der Waals surface area contributed by atoms with Crippen LogP contribution in [0.3, 0.4) is 0 Å². The van der Waals surface area contributed by atoms with Gasteiger partial charge in [-0.25, -0.2) is 4.98 Å². The number of aliphatic hydroxyl groups excluding tert-OH is 1. The minimum atomic E-state index is 0.104. The summed E-state index contributed by atoms with van der Waals surface area (Å²) in [4.78, 5) is 4.18. The number of aryl methyl sites for hydroxylation is 1. The van der Waals surface area contributed by atoms with Gasteiger partial charge in [0.2, 0.25) is 0 Å². The largest absolute Gasteiger partial charge is 0.396 e. The summed E-state index contributed by atoms with van der Waals surface area (Å²) in [6.07, 6.45) is 2.96. The van der Waals surface area contributed by atoms with Gasteiger partial charge in [-0.15, -0.1) is 0 Å². The van der Waals surface area contributed by atoms with Crippen LogP contribution < -0.4 is 0 Å². The SMILES string of the molecule is Cn1ncnc1CC(CO)Cc1ccccc1Cl. The van der Waals surface area contributed by atoms with Gasteiger partial charge in [0.1, 0.15) is 12.2 Å². The van der Waals surface area contributed by atoms with E-state index in [1.165, 1.54) is 6.33 Å². The van der Waals surface area contributed by atoms with E-state index >= 15 is 0 Å². The van der Waals surface area contributed by atoms with Crippen LogP contribution in [-0.4, -0.2) is 26.5 Å². The Morgan fingerprint density at radius 2 is 2.11 bits per heavy atom. The zero-order valence-corrected chi connectivity index (χ0v) is 11.0. The van der Waals surface area contributed by atoms with Crippen molar-refractivity contribution in [3.05, 3.63) is 47.0 Å². The molecule has 1 aromatic heterocycles. The van der Waals surface area contributed by atoms with E-state index < -0.39 is 0 Å². The lowest BCUT2D eigenvalue weighted by Gasteiger charge is -2.14. The van der Waals surface area contributed by atoms with Crippen LogP contribution in [0.5, 0.6) is 0 Å². The summed E-state index contributed by atoms with van der Waals surface area (Å²) in [6.45, 7) is 0.109. The third-order valence-corrected chi connectivity index (χ3v) is 3.37. The molecule has 0 amide bonds. The van der Waals surface area contributed by atoms with Crippen molar-refractivity contribution in [1.82, 2.24) is 14.8 Å². The number of aliphatic hydroxyl groups is 1. The molecule has 2 aromatic rings. The van der Waals surface area contributed by atoms with Gasteiger partial charge in [-0.05, 0) is 24.0 Å². The smallest absolute Gasteiger partial charge is 0.138 e. The first-order valence-corrected chi connectivity index (χ1v) is 6.25. The molecular weight excluding hydrogens is 250 g/mol. The van der Waals surface area contributed by atoms with Crippen LogP contribution in [0.2, 0.25) is 5.02 Å². The highest BCUT2D eigenvalue weighted by molar-refractivity contribution is 6.31. The van der Waals surface area contributed by atoms with Gasteiger partial charge < -0.3 is 5.11 Å². The summed E-state index contributed by atoms with van der Waals surface area (Å²) in [7, 11) is 1.85. The fourth-order valence-corrected chi connectivity index (χ4v) is 2.15. The normalized spacial score (nSPS) is 12.6. The van der Waals surface area contributed by atoms with Crippen molar-refractivity contribution < 1.29 is 5.11 Å². The zero-order chi connectivity index (χ0) is 13.0. The topological polar surface area (TPSA) is 50.9 Å². The van der Waals surface area contributed by atoms with Crippen molar-refractivity contribution >= 4 is 11.6 Å². The summed E-state index contributed by atoms with van der Waals surface area (Å²) < 4.78 is 1.73. The quantitative estimate of drug-likeness (QED) is 0.898. The third-order valence-electron chi connectivity index (χ3n) is 3.00. The maximum Gasteiger partial charge on any atom is 0.138 e. The zero-order valence-electron chi connectivity index (χ0n) is 10.3. The molecule has 1 heterocycles. The molecule has 0 fully saturated rings. The lowest BCUT2D eigenvalue weighted by Crippen LogP contribution is -2.16. The Morgan fingerprint density at radius 1 is 1.33 bits per heavy atom. The van der Waals surface area contributed by atoms with Gasteiger partial charge >= 0.3 is 0 Å². The number of benzene rings is 1. The second-order valence-corrected chi connectivity index (χ2v) is 4.76. The second kappa shape index (κ2) is 5.98. The van der Waals surface area contributed by atoms with Crippen LogP contribution in [0.25, 0.3) is 0 Å². The van der Waals surface area contributed by atoms with Gasteiger partial charge in [-0.2, -0.15) is 5.10 Å². The average molecular weight is 266 g/mol. The summed E-state index contributed by atoms with van der Waals surface area (Å²) in [5.74, 6) is 0.980. The molecule has 0 aliphatic carbocycles. The van der Waals surface area contributed by atoms with E-state index in [-0.39, 0.29) is 12.5 Å². The monoisotopic (exact) mass is 265 g/mol.